The predicted molar refractivity (Wildman–Crippen MR) is 77.5 cm³/mol. The zero-order valence-corrected chi connectivity index (χ0v) is 14.1. The Bertz CT molecular complexity index is 512. The summed E-state index contributed by atoms with van der Waals surface area (Å²) in [5.74, 6) is 0. The van der Waals surface area contributed by atoms with Gasteiger partial charge in [-0.1, -0.05) is 15.9 Å². The van der Waals surface area contributed by atoms with Crippen LogP contribution in [0.15, 0.2) is 14.7 Å². The molecule has 1 aromatic rings. The molecule has 2 rings (SSSR count). The molecule has 1 saturated heterocycles. The van der Waals surface area contributed by atoms with Crippen molar-refractivity contribution in [3.63, 3.8) is 0 Å². The fraction of sp³-hybridized carbons (Fsp3) is 0.600. The van der Waals surface area contributed by atoms with E-state index in [9.17, 15) is 8.42 Å². The van der Waals surface area contributed by atoms with Crippen molar-refractivity contribution in [2.24, 2.45) is 0 Å². The largest absolute Gasteiger partial charge is 0.244 e. The smallest absolute Gasteiger partial charge is 0.207 e. The average Bonchev–Trinajstić information content (AvgIpc) is 2.84. The molecule has 7 heteroatoms. The molecule has 0 bridgehead atoms. The molecular weight excluding hydrogens is 390 g/mol. The number of rotatable bonds is 3. The monoisotopic (exact) mass is 401 g/mol. The summed E-state index contributed by atoms with van der Waals surface area (Å²) < 4.78 is 27.5. The Balaban J connectivity index is 2.39. The van der Waals surface area contributed by atoms with Crippen LogP contribution in [-0.2, 0) is 10.0 Å². The fourth-order valence-electron chi connectivity index (χ4n) is 2.09. The van der Waals surface area contributed by atoms with Crippen LogP contribution in [0, 0.1) is 6.92 Å². The molecule has 1 fully saturated rings. The minimum atomic E-state index is -3.33. The second kappa shape index (κ2) is 5.28. The first-order valence-corrected chi connectivity index (χ1v) is 9.47. The van der Waals surface area contributed by atoms with Crippen LogP contribution in [0.3, 0.4) is 0 Å². The van der Waals surface area contributed by atoms with Crippen molar-refractivity contribution in [2.75, 3.05) is 11.9 Å². The molecule has 17 heavy (non-hydrogen) atoms. The predicted octanol–water partition coefficient (Wildman–Crippen LogP) is 3.37. The second-order valence-corrected chi connectivity index (χ2v) is 9.18. The first-order chi connectivity index (χ1) is 7.96. The number of nitrogens with zero attached hydrogens (tertiary/aromatic N) is 1. The third-order valence-corrected chi connectivity index (χ3v) is 7.44. The van der Waals surface area contributed by atoms with E-state index in [-0.39, 0.29) is 6.04 Å². The molecule has 0 spiro atoms. The quantitative estimate of drug-likeness (QED) is 0.726. The normalized spacial score (nSPS) is 22.2. The van der Waals surface area contributed by atoms with E-state index in [1.54, 1.807) is 10.4 Å². The molecule has 0 amide bonds. The summed E-state index contributed by atoms with van der Waals surface area (Å²) in [4.78, 5) is 1.29. The van der Waals surface area contributed by atoms with Crippen LogP contribution in [-0.4, -0.2) is 30.6 Å². The van der Waals surface area contributed by atoms with Crippen molar-refractivity contribution in [1.82, 2.24) is 4.31 Å². The first kappa shape index (κ1) is 14.0. The van der Waals surface area contributed by atoms with E-state index in [0.717, 1.165) is 21.5 Å². The summed E-state index contributed by atoms with van der Waals surface area (Å²) in [6, 6.07) is 1.80. The maximum Gasteiger partial charge on any atom is 0.244 e. The lowest BCUT2D eigenvalue weighted by Crippen LogP contribution is -2.36. The minimum absolute atomic E-state index is 0.0954. The first-order valence-electron chi connectivity index (χ1n) is 5.30. The van der Waals surface area contributed by atoms with Crippen LogP contribution < -0.4 is 0 Å². The number of alkyl halides is 1. The lowest BCUT2D eigenvalue weighted by molar-refractivity contribution is 0.413. The van der Waals surface area contributed by atoms with Gasteiger partial charge in [0.25, 0.3) is 0 Å². The third-order valence-electron chi connectivity index (χ3n) is 2.93. The van der Waals surface area contributed by atoms with E-state index in [1.807, 2.05) is 6.92 Å². The molecule has 0 aromatic carbocycles. The lowest BCUT2D eigenvalue weighted by Gasteiger charge is -2.22. The van der Waals surface area contributed by atoms with Gasteiger partial charge < -0.3 is 0 Å². The van der Waals surface area contributed by atoms with Crippen LogP contribution in [0.5, 0.6) is 0 Å². The number of aryl methyl sites for hydroxylation is 1. The van der Waals surface area contributed by atoms with Gasteiger partial charge >= 0.3 is 0 Å². The molecule has 3 nitrogen and oxygen atoms in total. The summed E-state index contributed by atoms with van der Waals surface area (Å²) >= 11 is 8.20. The molecule has 1 unspecified atom stereocenters. The molecule has 0 N–H and O–H groups in total. The van der Waals surface area contributed by atoms with E-state index < -0.39 is 10.0 Å². The van der Waals surface area contributed by atoms with Crippen LogP contribution in [0.4, 0.5) is 0 Å². The van der Waals surface area contributed by atoms with Gasteiger partial charge in [-0.05, 0) is 41.8 Å². The van der Waals surface area contributed by atoms with Crippen LogP contribution in [0.25, 0.3) is 0 Å². The molecule has 96 valence electrons. The number of halogens is 2. The summed E-state index contributed by atoms with van der Waals surface area (Å²) in [6.07, 6.45) is 1.88. The van der Waals surface area contributed by atoms with Gasteiger partial charge in [-0.25, -0.2) is 8.42 Å². The fourth-order valence-corrected chi connectivity index (χ4v) is 7.04. The van der Waals surface area contributed by atoms with Crippen LogP contribution in [0.1, 0.15) is 17.7 Å². The molecule has 0 saturated carbocycles. The van der Waals surface area contributed by atoms with Gasteiger partial charge in [0.2, 0.25) is 10.0 Å². The van der Waals surface area contributed by atoms with E-state index in [4.69, 9.17) is 0 Å². The van der Waals surface area contributed by atoms with Crippen molar-refractivity contribution in [3.05, 3.63) is 14.7 Å². The Morgan fingerprint density at radius 1 is 1.59 bits per heavy atom. The Morgan fingerprint density at radius 2 is 2.29 bits per heavy atom. The van der Waals surface area contributed by atoms with Crippen LogP contribution in [0.2, 0.25) is 0 Å². The highest BCUT2D eigenvalue weighted by molar-refractivity contribution is 9.11. The topological polar surface area (TPSA) is 37.4 Å². The van der Waals surface area contributed by atoms with Gasteiger partial charge in [-0.3, -0.25) is 0 Å². The van der Waals surface area contributed by atoms with Crippen molar-refractivity contribution in [1.29, 1.82) is 0 Å². The third kappa shape index (κ3) is 2.63. The summed E-state index contributed by atoms with van der Waals surface area (Å²) in [5, 5.41) is 0.705. The van der Waals surface area contributed by atoms with E-state index >= 15 is 0 Å². The van der Waals surface area contributed by atoms with Gasteiger partial charge in [-0.2, -0.15) is 4.31 Å². The number of hydrogen-bond acceptors (Lipinski definition) is 3. The van der Waals surface area contributed by atoms with Crippen molar-refractivity contribution in [3.8, 4) is 0 Å². The number of thiophene rings is 1. The molecule has 1 aliphatic heterocycles. The Labute approximate surface area is 123 Å². The van der Waals surface area contributed by atoms with Crippen molar-refractivity contribution in [2.45, 2.75) is 30.7 Å². The molecule has 0 radical (unpaired) electrons. The van der Waals surface area contributed by atoms with Gasteiger partial charge in [0.1, 0.15) is 0 Å². The molecule has 2 heterocycles. The maximum atomic E-state index is 12.5. The van der Waals surface area contributed by atoms with Gasteiger partial charge in [0.15, 0.2) is 0 Å². The highest BCUT2D eigenvalue weighted by Crippen LogP contribution is 2.34. The van der Waals surface area contributed by atoms with E-state index in [2.05, 4.69) is 31.9 Å². The average molecular weight is 403 g/mol. The van der Waals surface area contributed by atoms with Gasteiger partial charge in [-0.15, -0.1) is 11.3 Å². The Hall–Kier alpha value is 0.570. The molecule has 1 aromatic heterocycles. The molecular formula is C10H13Br2NO2S2. The van der Waals surface area contributed by atoms with Gasteiger partial charge in [0.05, 0.1) is 8.68 Å². The summed E-state index contributed by atoms with van der Waals surface area (Å²) in [6.45, 7) is 2.48. The standard InChI is InChI=1S/C10H13Br2NO2S2/c1-7-9(5-10(12)16-7)17(14,15)13-4-2-3-8(13)6-11/h5,8H,2-4,6H2,1H3. The maximum absolute atomic E-state index is 12.5. The SMILES string of the molecule is Cc1sc(Br)cc1S(=O)(=O)N1CCCC1CBr. The number of hydrogen-bond donors (Lipinski definition) is 0. The summed E-state index contributed by atoms with van der Waals surface area (Å²) in [5.41, 5.74) is 0. The highest BCUT2D eigenvalue weighted by Gasteiger charge is 2.35. The Morgan fingerprint density at radius 3 is 2.82 bits per heavy atom. The Kier molecular flexibility index (Phi) is 4.35. The lowest BCUT2D eigenvalue weighted by atomic mass is 10.3. The van der Waals surface area contributed by atoms with Crippen molar-refractivity contribution < 1.29 is 8.42 Å². The van der Waals surface area contributed by atoms with Crippen LogP contribution >= 0.6 is 43.2 Å². The zero-order valence-electron chi connectivity index (χ0n) is 9.32. The molecule has 1 aliphatic rings. The van der Waals surface area contributed by atoms with Crippen molar-refractivity contribution >= 4 is 53.2 Å². The zero-order chi connectivity index (χ0) is 12.6. The molecule has 0 aliphatic carbocycles. The van der Waals surface area contributed by atoms with Gasteiger partial charge in [0, 0.05) is 22.8 Å². The van der Waals surface area contributed by atoms with E-state index in [1.165, 1.54) is 11.3 Å². The highest BCUT2D eigenvalue weighted by atomic mass is 79.9. The summed E-state index contributed by atoms with van der Waals surface area (Å²) in [7, 11) is -3.33. The van der Waals surface area contributed by atoms with E-state index in [0.29, 0.717) is 16.8 Å². The number of sulfonamides is 1. The molecule has 1 atom stereocenters. The minimum Gasteiger partial charge on any atom is -0.207 e. The second-order valence-electron chi connectivity index (χ2n) is 4.04.